The average molecular weight is 214 g/mol. The predicted octanol–water partition coefficient (Wildman–Crippen LogP) is 0.944. The van der Waals surface area contributed by atoms with E-state index < -0.39 is 10.0 Å². The lowest BCUT2D eigenvalue weighted by atomic mass is 10.3. The maximum atomic E-state index is 11.1. The van der Waals surface area contributed by atoms with Gasteiger partial charge in [-0.25, -0.2) is 13.6 Å². The number of nitrogens with zero attached hydrogens (tertiary/aromatic N) is 1. The summed E-state index contributed by atoms with van der Waals surface area (Å²) in [4.78, 5) is 0.146. The van der Waals surface area contributed by atoms with Crippen molar-refractivity contribution in [2.24, 2.45) is 5.14 Å². The fourth-order valence-electron chi connectivity index (χ4n) is 1.09. The van der Waals surface area contributed by atoms with Gasteiger partial charge in [0.25, 0.3) is 0 Å². The number of rotatable bonds is 1. The molecule has 0 saturated carbocycles. The third-order valence-corrected chi connectivity index (χ3v) is 3.58. The molecule has 0 unspecified atom stereocenters. The highest BCUT2D eigenvalue weighted by atomic mass is 32.2. The highest BCUT2D eigenvalue weighted by Gasteiger charge is 2.12. The van der Waals surface area contributed by atoms with Crippen LogP contribution in [0.1, 0.15) is 0 Å². The fraction of sp³-hybridized carbons (Fsp3) is 0. The van der Waals surface area contributed by atoms with E-state index in [9.17, 15) is 8.42 Å². The molecule has 0 saturated heterocycles. The van der Waals surface area contributed by atoms with E-state index in [0.717, 1.165) is 16.9 Å². The molecule has 0 aliphatic rings. The van der Waals surface area contributed by atoms with Crippen LogP contribution in [0, 0.1) is 0 Å². The molecular weight excluding hydrogens is 208 g/mol. The zero-order valence-electron chi connectivity index (χ0n) is 6.47. The van der Waals surface area contributed by atoms with Crippen molar-refractivity contribution >= 4 is 31.6 Å². The van der Waals surface area contributed by atoms with E-state index in [-0.39, 0.29) is 4.90 Å². The summed E-state index contributed by atoms with van der Waals surface area (Å²) in [5, 5.41) is 5.84. The van der Waals surface area contributed by atoms with Gasteiger partial charge in [0.1, 0.15) is 4.90 Å². The molecule has 0 amide bonds. The lowest BCUT2D eigenvalue weighted by Crippen LogP contribution is -2.11. The highest BCUT2D eigenvalue weighted by Crippen LogP contribution is 2.24. The monoisotopic (exact) mass is 214 g/mol. The molecule has 2 aromatic rings. The molecular formula is C7H6N2O2S2. The molecule has 13 heavy (non-hydrogen) atoms. The van der Waals surface area contributed by atoms with Crippen LogP contribution in [-0.2, 0) is 10.0 Å². The average Bonchev–Trinajstić information content (AvgIpc) is 2.48. The summed E-state index contributed by atoms with van der Waals surface area (Å²) in [6.07, 6.45) is 1.62. The molecule has 1 aromatic carbocycles. The largest absolute Gasteiger partial charge is 0.239 e. The second-order valence-corrected chi connectivity index (χ2v) is 4.88. The molecule has 1 aromatic heterocycles. The van der Waals surface area contributed by atoms with Gasteiger partial charge in [0.15, 0.2) is 0 Å². The quantitative estimate of drug-likeness (QED) is 0.767. The minimum atomic E-state index is -3.63. The lowest BCUT2D eigenvalue weighted by molar-refractivity contribution is 0.599. The first kappa shape index (κ1) is 8.61. The van der Waals surface area contributed by atoms with Crippen molar-refractivity contribution in [3.8, 4) is 0 Å². The third kappa shape index (κ3) is 1.43. The van der Waals surface area contributed by atoms with Gasteiger partial charge in [0, 0.05) is 11.6 Å². The number of sulfonamides is 1. The SMILES string of the molecule is NS(=O)(=O)c1cccc2cnsc12. The van der Waals surface area contributed by atoms with Crippen LogP contribution in [0.2, 0.25) is 0 Å². The Bertz CT molecular complexity index is 544. The molecule has 2 rings (SSSR count). The van der Waals surface area contributed by atoms with E-state index in [1.807, 2.05) is 0 Å². The number of hydrogen-bond acceptors (Lipinski definition) is 4. The first-order chi connectivity index (χ1) is 6.09. The summed E-state index contributed by atoms with van der Waals surface area (Å²) in [6.45, 7) is 0. The minimum Gasteiger partial charge on any atom is -0.225 e. The molecule has 2 N–H and O–H groups in total. The van der Waals surface area contributed by atoms with Crippen LogP contribution in [0.3, 0.4) is 0 Å². The summed E-state index contributed by atoms with van der Waals surface area (Å²) < 4.78 is 26.7. The van der Waals surface area contributed by atoms with Gasteiger partial charge in [-0.2, -0.15) is 4.37 Å². The normalized spacial score (nSPS) is 12.1. The molecule has 1 heterocycles. The minimum absolute atomic E-state index is 0.146. The van der Waals surface area contributed by atoms with Crippen LogP contribution < -0.4 is 5.14 Å². The topological polar surface area (TPSA) is 73.1 Å². The van der Waals surface area contributed by atoms with Gasteiger partial charge >= 0.3 is 0 Å². The van der Waals surface area contributed by atoms with Crippen molar-refractivity contribution in [1.82, 2.24) is 4.37 Å². The summed E-state index contributed by atoms with van der Waals surface area (Å²) in [5.74, 6) is 0. The Hall–Kier alpha value is -0.980. The summed E-state index contributed by atoms with van der Waals surface area (Å²) in [5.41, 5.74) is 0. The van der Waals surface area contributed by atoms with Crippen molar-refractivity contribution in [3.05, 3.63) is 24.4 Å². The highest BCUT2D eigenvalue weighted by molar-refractivity contribution is 7.89. The van der Waals surface area contributed by atoms with Crippen LogP contribution in [-0.4, -0.2) is 12.8 Å². The number of primary sulfonamides is 1. The van der Waals surface area contributed by atoms with E-state index in [0.29, 0.717) is 4.70 Å². The summed E-state index contributed by atoms with van der Waals surface area (Å²) in [6, 6.07) is 4.93. The van der Waals surface area contributed by atoms with E-state index in [2.05, 4.69) is 4.37 Å². The van der Waals surface area contributed by atoms with Gasteiger partial charge in [-0.1, -0.05) is 12.1 Å². The number of fused-ring (bicyclic) bond motifs is 1. The molecule has 0 fully saturated rings. The molecule has 0 radical (unpaired) electrons. The van der Waals surface area contributed by atoms with E-state index >= 15 is 0 Å². The molecule has 4 nitrogen and oxygen atoms in total. The lowest BCUT2D eigenvalue weighted by Gasteiger charge is -1.97. The van der Waals surface area contributed by atoms with Crippen LogP contribution in [0.5, 0.6) is 0 Å². The Balaban J connectivity index is 2.91. The van der Waals surface area contributed by atoms with Gasteiger partial charge in [-0.05, 0) is 17.6 Å². The summed E-state index contributed by atoms with van der Waals surface area (Å²) >= 11 is 1.13. The zero-order valence-corrected chi connectivity index (χ0v) is 8.10. The third-order valence-electron chi connectivity index (χ3n) is 1.65. The first-order valence-electron chi connectivity index (χ1n) is 3.45. The van der Waals surface area contributed by atoms with Crippen LogP contribution >= 0.6 is 11.5 Å². The van der Waals surface area contributed by atoms with Crippen molar-refractivity contribution in [2.45, 2.75) is 4.90 Å². The maximum Gasteiger partial charge on any atom is 0.239 e. The summed E-state index contributed by atoms with van der Waals surface area (Å²) in [7, 11) is -3.63. The molecule has 0 bridgehead atoms. The number of nitrogens with two attached hydrogens (primary N) is 1. The van der Waals surface area contributed by atoms with Gasteiger partial charge in [0.05, 0.1) is 4.70 Å². The Morgan fingerprint density at radius 3 is 2.85 bits per heavy atom. The van der Waals surface area contributed by atoms with Crippen molar-refractivity contribution < 1.29 is 8.42 Å². The number of benzene rings is 1. The van der Waals surface area contributed by atoms with E-state index in [4.69, 9.17) is 5.14 Å². The van der Waals surface area contributed by atoms with Gasteiger partial charge in [0.2, 0.25) is 10.0 Å². The Kier molecular flexibility index (Phi) is 1.83. The Labute approximate surface area is 79.2 Å². The van der Waals surface area contributed by atoms with Crippen LogP contribution in [0.15, 0.2) is 29.3 Å². The van der Waals surface area contributed by atoms with Crippen molar-refractivity contribution in [3.63, 3.8) is 0 Å². The zero-order chi connectivity index (χ0) is 9.47. The Morgan fingerprint density at radius 1 is 1.38 bits per heavy atom. The van der Waals surface area contributed by atoms with Gasteiger partial charge < -0.3 is 0 Å². The fourth-order valence-corrected chi connectivity index (χ4v) is 2.85. The standard InChI is InChI=1S/C7H6N2O2S2/c8-13(10,11)6-3-1-2-5-4-9-12-7(5)6/h1-4H,(H2,8,10,11). The number of aromatic nitrogens is 1. The Morgan fingerprint density at radius 2 is 2.15 bits per heavy atom. The van der Waals surface area contributed by atoms with Crippen molar-refractivity contribution in [1.29, 1.82) is 0 Å². The first-order valence-corrected chi connectivity index (χ1v) is 5.77. The predicted molar refractivity (Wildman–Crippen MR) is 51.0 cm³/mol. The van der Waals surface area contributed by atoms with E-state index in [1.54, 1.807) is 18.3 Å². The molecule has 0 atom stereocenters. The number of hydrogen-bond donors (Lipinski definition) is 1. The van der Waals surface area contributed by atoms with Crippen LogP contribution in [0.4, 0.5) is 0 Å². The van der Waals surface area contributed by atoms with Crippen molar-refractivity contribution in [2.75, 3.05) is 0 Å². The smallest absolute Gasteiger partial charge is 0.225 e. The molecule has 0 spiro atoms. The second-order valence-electron chi connectivity index (χ2n) is 2.55. The molecule has 68 valence electrons. The second kappa shape index (κ2) is 2.76. The van der Waals surface area contributed by atoms with Gasteiger partial charge in [-0.15, -0.1) is 0 Å². The van der Waals surface area contributed by atoms with Crippen LogP contribution in [0.25, 0.3) is 10.1 Å². The maximum absolute atomic E-state index is 11.1. The molecule has 6 heteroatoms. The van der Waals surface area contributed by atoms with E-state index in [1.165, 1.54) is 6.07 Å². The molecule has 0 aliphatic heterocycles. The van der Waals surface area contributed by atoms with Gasteiger partial charge in [-0.3, -0.25) is 0 Å². The molecule has 0 aliphatic carbocycles.